The van der Waals surface area contributed by atoms with E-state index in [1.54, 1.807) is 11.3 Å². The van der Waals surface area contributed by atoms with E-state index in [0.29, 0.717) is 13.1 Å². The van der Waals surface area contributed by atoms with Crippen molar-refractivity contribution in [1.82, 2.24) is 10.3 Å². The van der Waals surface area contributed by atoms with Gasteiger partial charge in [-0.25, -0.2) is 4.98 Å². The SMILES string of the molecule is Cc1cc(C)c2nc(N3CCC[C@@H](C(=O)NCc4ccc5c(c4)OCO5)C3)sc2c1. The third-order valence-electron chi connectivity index (χ3n) is 5.78. The zero-order valence-electron chi connectivity index (χ0n) is 17.2. The third-order valence-corrected chi connectivity index (χ3v) is 6.85. The summed E-state index contributed by atoms with van der Waals surface area (Å²) in [6, 6.07) is 10.2. The van der Waals surface area contributed by atoms with Crippen LogP contribution in [0, 0.1) is 19.8 Å². The summed E-state index contributed by atoms with van der Waals surface area (Å²) in [7, 11) is 0. The number of hydrogen-bond acceptors (Lipinski definition) is 6. The van der Waals surface area contributed by atoms with Crippen LogP contribution < -0.4 is 19.7 Å². The second-order valence-corrected chi connectivity index (χ2v) is 9.12. The van der Waals surface area contributed by atoms with Gasteiger partial charge in [-0.3, -0.25) is 4.79 Å². The van der Waals surface area contributed by atoms with Gasteiger partial charge in [0.15, 0.2) is 16.6 Å². The van der Waals surface area contributed by atoms with Crippen molar-refractivity contribution < 1.29 is 14.3 Å². The van der Waals surface area contributed by atoms with Gasteiger partial charge in [-0.15, -0.1) is 0 Å². The number of benzene rings is 2. The van der Waals surface area contributed by atoms with E-state index in [2.05, 4.69) is 36.2 Å². The molecule has 3 aromatic rings. The topological polar surface area (TPSA) is 63.7 Å². The molecule has 0 saturated carbocycles. The summed E-state index contributed by atoms with van der Waals surface area (Å²) in [6.45, 7) is 6.64. The van der Waals surface area contributed by atoms with Crippen molar-refractivity contribution in [3.8, 4) is 11.5 Å². The Balaban J connectivity index is 1.25. The zero-order chi connectivity index (χ0) is 20.7. The molecule has 6 nitrogen and oxygen atoms in total. The van der Waals surface area contributed by atoms with Crippen molar-refractivity contribution in [3.63, 3.8) is 0 Å². The first-order chi connectivity index (χ1) is 14.6. The normalized spacial score (nSPS) is 18.1. The molecule has 3 heterocycles. The van der Waals surface area contributed by atoms with Gasteiger partial charge >= 0.3 is 0 Å². The first kappa shape index (κ1) is 19.2. The monoisotopic (exact) mass is 423 g/mol. The molecule has 1 atom stereocenters. The van der Waals surface area contributed by atoms with Gasteiger partial charge < -0.3 is 19.7 Å². The molecule has 1 saturated heterocycles. The number of nitrogens with one attached hydrogen (secondary N) is 1. The number of ether oxygens (including phenoxy) is 2. The number of piperidine rings is 1. The quantitative estimate of drug-likeness (QED) is 0.682. The van der Waals surface area contributed by atoms with E-state index >= 15 is 0 Å². The summed E-state index contributed by atoms with van der Waals surface area (Å²) in [5, 5.41) is 4.12. The van der Waals surface area contributed by atoms with Gasteiger partial charge in [0, 0.05) is 19.6 Å². The van der Waals surface area contributed by atoms with E-state index in [0.717, 1.165) is 47.1 Å². The molecule has 2 aliphatic heterocycles. The molecule has 1 fully saturated rings. The number of hydrogen-bond donors (Lipinski definition) is 1. The Labute approximate surface area is 179 Å². The van der Waals surface area contributed by atoms with E-state index in [4.69, 9.17) is 14.5 Å². The van der Waals surface area contributed by atoms with Gasteiger partial charge in [0.25, 0.3) is 0 Å². The Morgan fingerprint density at radius 3 is 3.00 bits per heavy atom. The van der Waals surface area contributed by atoms with Crippen LogP contribution in [0.4, 0.5) is 5.13 Å². The van der Waals surface area contributed by atoms with Gasteiger partial charge in [0.2, 0.25) is 12.7 Å². The van der Waals surface area contributed by atoms with E-state index in [9.17, 15) is 4.79 Å². The molecule has 0 unspecified atom stereocenters. The van der Waals surface area contributed by atoms with Crippen molar-refractivity contribution in [2.45, 2.75) is 33.2 Å². The lowest BCUT2D eigenvalue weighted by molar-refractivity contribution is -0.125. The van der Waals surface area contributed by atoms with Crippen LogP contribution in [0.25, 0.3) is 10.2 Å². The lowest BCUT2D eigenvalue weighted by atomic mass is 9.97. The smallest absolute Gasteiger partial charge is 0.231 e. The molecule has 0 radical (unpaired) electrons. The number of nitrogens with zero attached hydrogens (tertiary/aromatic N) is 2. The number of fused-ring (bicyclic) bond motifs is 2. The minimum absolute atomic E-state index is 0.0254. The molecule has 2 aliphatic rings. The van der Waals surface area contributed by atoms with Crippen LogP contribution in [0.15, 0.2) is 30.3 Å². The largest absolute Gasteiger partial charge is 0.454 e. The minimum Gasteiger partial charge on any atom is -0.454 e. The molecule has 1 aromatic heterocycles. The van der Waals surface area contributed by atoms with Crippen LogP contribution in [-0.4, -0.2) is 30.8 Å². The lowest BCUT2D eigenvalue weighted by Gasteiger charge is -2.31. The Kier molecular flexibility index (Phi) is 4.98. The summed E-state index contributed by atoms with van der Waals surface area (Å²) in [5.74, 6) is 1.58. The summed E-state index contributed by atoms with van der Waals surface area (Å²) in [6.07, 6.45) is 1.91. The van der Waals surface area contributed by atoms with Crippen LogP contribution >= 0.6 is 11.3 Å². The highest BCUT2D eigenvalue weighted by molar-refractivity contribution is 7.22. The summed E-state index contributed by atoms with van der Waals surface area (Å²) < 4.78 is 12.0. The van der Waals surface area contributed by atoms with Crippen LogP contribution in [0.5, 0.6) is 11.5 Å². The molecule has 1 N–H and O–H groups in total. The summed E-state index contributed by atoms with van der Waals surface area (Å²) in [5.41, 5.74) is 4.56. The van der Waals surface area contributed by atoms with Crippen LogP contribution in [0.1, 0.15) is 29.5 Å². The molecule has 7 heteroatoms. The lowest BCUT2D eigenvalue weighted by Crippen LogP contribution is -2.42. The molecule has 0 bridgehead atoms. The standard InChI is InChI=1S/C23H25N3O3S/c1-14-8-15(2)21-20(9-14)30-23(25-21)26-7-3-4-17(12-26)22(27)24-11-16-5-6-18-19(10-16)29-13-28-18/h5-6,8-10,17H,3-4,7,11-13H2,1-2H3,(H,24,27)/t17-/m1/s1. The van der Waals surface area contributed by atoms with Crippen LogP contribution in [0.3, 0.4) is 0 Å². The number of carbonyl (C=O) groups excluding carboxylic acids is 1. The number of carbonyl (C=O) groups is 1. The molecule has 2 aromatic carbocycles. The maximum Gasteiger partial charge on any atom is 0.231 e. The average Bonchev–Trinajstić information content (AvgIpc) is 3.38. The number of amides is 1. The molecular formula is C23H25N3O3S. The Morgan fingerprint density at radius 1 is 1.23 bits per heavy atom. The minimum atomic E-state index is -0.0254. The van der Waals surface area contributed by atoms with Crippen molar-refractivity contribution >= 4 is 32.6 Å². The van der Waals surface area contributed by atoms with Gasteiger partial charge in [-0.1, -0.05) is 23.5 Å². The Bertz CT molecular complexity index is 1110. The molecule has 156 valence electrons. The second kappa shape index (κ2) is 7.80. The number of aromatic nitrogens is 1. The number of rotatable bonds is 4. The zero-order valence-corrected chi connectivity index (χ0v) is 18.1. The highest BCUT2D eigenvalue weighted by atomic mass is 32.1. The fourth-order valence-electron chi connectivity index (χ4n) is 4.24. The third kappa shape index (κ3) is 3.69. The van der Waals surface area contributed by atoms with Gasteiger partial charge in [0.1, 0.15) is 0 Å². The fraction of sp³-hybridized carbons (Fsp3) is 0.391. The Hall–Kier alpha value is -2.80. The average molecular weight is 424 g/mol. The van der Waals surface area contributed by atoms with Gasteiger partial charge in [-0.05, 0) is 61.6 Å². The molecule has 1 amide bonds. The van der Waals surface area contributed by atoms with E-state index in [1.807, 2.05) is 18.2 Å². The number of aryl methyl sites for hydroxylation is 2. The first-order valence-electron chi connectivity index (χ1n) is 10.4. The van der Waals surface area contributed by atoms with Gasteiger partial charge in [0.05, 0.1) is 16.1 Å². The molecule has 30 heavy (non-hydrogen) atoms. The highest BCUT2D eigenvalue weighted by Gasteiger charge is 2.27. The van der Waals surface area contributed by atoms with Crippen molar-refractivity contribution in [2.24, 2.45) is 5.92 Å². The van der Waals surface area contributed by atoms with E-state index < -0.39 is 0 Å². The fourth-order valence-corrected chi connectivity index (χ4v) is 5.42. The van der Waals surface area contributed by atoms with Gasteiger partial charge in [-0.2, -0.15) is 0 Å². The maximum atomic E-state index is 12.8. The Morgan fingerprint density at radius 2 is 2.10 bits per heavy atom. The second-order valence-electron chi connectivity index (χ2n) is 8.12. The number of anilines is 1. The predicted octanol–water partition coefficient (Wildman–Crippen LogP) is 4.17. The van der Waals surface area contributed by atoms with Crippen molar-refractivity contribution in [2.75, 3.05) is 24.8 Å². The van der Waals surface area contributed by atoms with Crippen LogP contribution in [-0.2, 0) is 11.3 Å². The van der Waals surface area contributed by atoms with E-state index in [-0.39, 0.29) is 18.6 Å². The summed E-state index contributed by atoms with van der Waals surface area (Å²) >= 11 is 1.72. The van der Waals surface area contributed by atoms with Crippen molar-refractivity contribution in [1.29, 1.82) is 0 Å². The first-order valence-corrected chi connectivity index (χ1v) is 11.2. The highest BCUT2D eigenvalue weighted by Crippen LogP contribution is 2.34. The van der Waals surface area contributed by atoms with Crippen molar-refractivity contribution in [3.05, 3.63) is 47.0 Å². The maximum absolute atomic E-state index is 12.8. The molecule has 0 aliphatic carbocycles. The van der Waals surface area contributed by atoms with Crippen LogP contribution in [0.2, 0.25) is 0 Å². The van der Waals surface area contributed by atoms with E-state index in [1.165, 1.54) is 15.8 Å². The molecule has 0 spiro atoms. The summed E-state index contributed by atoms with van der Waals surface area (Å²) in [4.78, 5) is 20.0. The molecular weight excluding hydrogens is 398 g/mol. The predicted molar refractivity (Wildman–Crippen MR) is 118 cm³/mol. The molecule has 5 rings (SSSR count). The number of thiazole rings is 1.